The first-order chi connectivity index (χ1) is 8.38. The number of amides is 2. The molecule has 1 aliphatic rings. The lowest BCUT2D eigenvalue weighted by Gasteiger charge is -2.19. The number of aliphatic carboxylic acids is 1. The van der Waals surface area contributed by atoms with Crippen LogP contribution in [0.3, 0.4) is 0 Å². The van der Waals surface area contributed by atoms with Gasteiger partial charge in [-0.05, 0) is 38.5 Å². The predicted molar refractivity (Wildman–Crippen MR) is 69.3 cm³/mol. The molecule has 0 aromatic rings. The summed E-state index contributed by atoms with van der Waals surface area (Å²) in [5, 5.41) is 14.6. The van der Waals surface area contributed by atoms with Crippen molar-refractivity contribution < 1.29 is 14.7 Å². The Hall–Kier alpha value is -1.26. The van der Waals surface area contributed by atoms with E-state index >= 15 is 0 Å². The number of hydrogen-bond donors (Lipinski definition) is 3. The number of urea groups is 1. The molecule has 0 spiro atoms. The summed E-state index contributed by atoms with van der Waals surface area (Å²) in [6.07, 6.45) is 2.89. The van der Waals surface area contributed by atoms with Crippen molar-refractivity contribution in [2.24, 2.45) is 11.8 Å². The van der Waals surface area contributed by atoms with Gasteiger partial charge in [0.05, 0.1) is 5.92 Å². The van der Waals surface area contributed by atoms with E-state index in [1.165, 1.54) is 0 Å². The first-order valence-electron chi connectivity index (χ1n) is 6.68. The fraction of sp³-hybridized carbons (Fsp3) is 0.846. The lowest BCUT2D eigenvalue weighted by atomic mass is 10.1. The van der Waals surface area contributed by atoms with Crippen LogP contribution in [0.5, 0.6) is 0 Å². The van der Waals surface area contributed by atoms with E-state index in [1.807, 2.05) is 6.92 Å². The van der Waals surface area contributed by atoms with Gasteiger partial charge in [0.1, 0.15) is 0 Å². The molecule has 1 fully saturated rings. The Bertz CT molecular complexity index is 305. The van der Waals surface area contributed by atoms with E-state index in [0.717, 1.165) is 12.8 Å². The predicted octanol–water partition coefficient (Wildman–Crippen LogP) is 1.97. The summed E-state index contributed by atoms with van der Waals surface area (Å²) in [6, 6.07) is -0.0433. The molecule has 0 aromatic heterocycles. The molecule has 3 atom stereocenters. The Morgan fingerprint density at radius 3 is 2.44 bits per heavy atom. The maximum atomic E-state index is 11.7. The van der Waals surface area contributed by atoms with E-state index < -0.39 is 5.97 Å². The molecule has 2 amide bonds. The van der Waals surface area contributed by atoms with Gasteiger partial charge >= 0.3 is 12.0 Å². The van der Waals surface area contributed by atoms with Crippen molar-refractivity contribution >= 4 is 12.0 Å². The number of hydrogen-bond acceptors (Lipinski definition) is 2. The summed E-state index contributed by atoms with van der Waals surface area (Å²) in [5.74, 6) is -0.514. The molecule has 1 unspecified atom stereocenters. The van der Waals surface area contributed by atoms with Gasteiger partial charge in [-0.3, -0.25) is 4.79 Å². The van der Waals surface area contributed by atoms with Crippen LogP contribution >= 0.6 is 0 Å². The molecule has 0 saturated heterocycles. The van der Waals surface area contributed by atoms with Crippen molar-refractivity contribution in [3.63, 3.8) is 0 Å². The molecule has 0 bridgehead atoms. The molecule has 0 heterocycles. The van der Waals surface area contributed by atoms with Gasteiger partial charge in [-0.1, -0.05) is 13.8 Å². The molecule has 0 radical (unpaired) electrons. The van der Waals surface area contributed by atoms with Gasteiger partial charge in [0.2, 0.25) is 0 Å². The highest BCUT2D eigenvalue weighted by Crippen LogP contribution is 2.25. The SMILES string of the molecule is CC(C)CC(C)NC(=O)N[C@H]1CC[C@@H](C(=O)O)C1. The largest absolute Gasteiger partial charge is 0.481 e. The molecular formula is C13H24N2O3. The number of carboxylic acid groups (broad SMARTS) is 1. The Labute approximate surface area is 108 Å². The van der Waals surface area contributed by atoms with Crippen LogP contribution in [0.2, 0.25) is 0 Å². The minimum atomic E-state index is -0.757. The van der Waals surface area contributed by atoms with Crippen LogP contribution in [0.1, 0.15) is 46.5 Å². The zero-order valence-corrected chi connectivity index (χ0v) is 11.4. The van der Waals surface area contributed by atoms with Crippen molar-refractivity contribution in [2.45, 2.75) is 58.5 Å². The molecule has 1 saturated carbocycles. The van der Waals surface area contributed by atoms with Crippen molar-refractivity contribution in [1.29, 1.82) is 0 Å². The van der Waals surface area contributed by atoms with Gasteiger partial charge in [0.25, 0.3) is 0 Å². The van der Waals surface area contributed by atoms with Crippen LogP contribution in [-0.4, -0.2) is 29.2 Å². The Balaban J connectivity index is 2.27. The summed E-state index contributed by atoms with van der Waals surface area (Å²) < 4.78 is 0. The summed E-state index contributed by atoms with van der Waals surface area (Å²) in [4.78, 5) is 22.5. The third kappa shape index (κ3) is 4.94. The molecule has 1 aliphatic carbocycles. The third-order valence-electron chi connectivity index (χ3n) is 3.32. The van der Waals surface area contributed by atoms with Gasteiger partial charge < -0.3 is 15.7 Å². The zero-order valence-electron chi connectivity index (χ0n) is 11.4. The average molecular weight is 256 g/mol. The lowest BCUT2D eigenvalue weighted by Crippen LogP contribution is -2.45. The van der Waals surface area contributed by atoms with E-state index in [1.54, 1.807) is 0 Å². The molecule has 0 aromatic carbocycles. The smallest absolute Gasteiger partial charge is 0.315 e. The first-order valence-corrected chi connectivity index (χ1v) is 6.68. The summed E-state index contributed by atoms with van der Waals surface area (Å²) in [7, 11) is 0. The summed E-state index contributed by atoms with van der Waals surface area (Å²) in [6.45, 7) is 6.21. The molecule has 104 valence electrons. The Morgan fingerprint density at radius 1 is 1.28 bits per heavy atom. The van der Waals surface area contributed by atoms with Crippen molar-refractivity contribution in [3.05, 3.63) is 0 Å². The highest BCUT2D eigenvalue weighted by molar-refractivity contribution is 5.75. The van der Waals surface area contributed by atoms with Crippen molar-refractivity contribution in [1.82, 2.24) is 10.6 Å². The summed E-state index contributed by atoms with van der Waals surface area (Å²) in [5.41, 5.74) is 0. The Morgan fingerprint density at radius 2 is 1.94 bits per heavy atom. The number of carbonyl (C=O) groups is 2. The quantitative estimate of drug-likeness (QED) is 0.703. The van der Waals surface area contributed by atoms with E-state index in [4.69, 9.17) is 5.11 Å². The molecule has 18 heavy (non-hydrogen) atoms. The van der Waals surface area contributed by atoms with Gasteiger partial charge in [-0.2, -0.15) is 0 Å². The monoisotopic (exact) mass is 256 g/mol. The molecule has 3 N–H and O–H groups in total. The van der Waals surface area contributed by atoms with Gasteiger partial charge in [0.15, 0.2) is 0 Å². The topological polar surface area (TPSA) is 78.4 Å². The van der Waals surface area contributed by atoms with E-state index in [-0.39, 0.29) is 24.0 Å². The standard InChI is InChI=1S/C13H24N2O3/c1-8(2)6-9(3)14-13(18)15-11-5-4-10(7-11)12(16)17/h8-11H,4-7H2,1-3H3,(H,16,17)(H2,14,15,18)/t9?,10-,11+/m1/s1. The molecular weight excluding hydrogens is 232 g/mol. The van der Waals surface area contributed by atoms with Crippen LogP contribution in [0.15, 0.2) is 0 Å². The lowest BCUT2D eigenvalue weighted by molar-refractivity contribution is -0.141. The Kier molecular flexibility index (Phi) is 5.44. The van der Waals surface area contributed by atoms with Crippen LogP contribution in [-0.2, 0) is 4.79 Å². The van der Waals surface area contributed by atoms with E-state index in [0.29, 0.717) is 18.8 Å². The molecule has 5 heteroatoms. The van der Waals surface area contributed by atoms with Crippen molar-refractivity contribution in [3.8, 4) is 0 Å². The fourth-order valence-corrected chi connectivity index (χ4v) is 2.55. The second kappa shape index (κ2) is 6.61. The second-order valence-electron chi connectivity index (χ2n) is 5.69. The summed E-state index contributed by atoms with van der Waals surface area (Å²) >= 11 is 0. The minimum Gasteiger partial charge on any atom is -0.481 e. The second-order valence-corrected chi connectivity index (χ2v) is 5.69. The van der Waals surface area contributed by atoms with E-state index in [2.05, 4.69) is 24.5 Å². The van der Waals surface area contributed by atoms with Gasteiger partial charge in [0, 0.05) is 12.1 Å². The number of carboxylic acids is 1. The number of nitrogens with one attached hydrogen (secondary N) is 2. The molecule has 5 nitrogen and oxygen atoms in total. The van der Waals surface area contributed by atoms with Crippen LogP contribution in [0.25, 0.3) is 0 Å². The minimum absolute atomic E-state index is 0.00245. The highest BCUT2D eigenvalue weighted by atomic mass is 16.4. The number of carbonyl (C=O) groups excluding carboxylic acids is 1. The third-order valence-corrected chi connectivity index (χ3v) is 3.32. The maximum absolute atomic E-state index is 11.7. The van der Waals surface area contributed by atoms with Crippen LogP contribution < -0.4 is 10.6 Å². The normalized spacial score (nSPS) is 24.9. The maximum Gasteiger partial charge on any atom is 0.315 e. The molecule has 1 rings (SSSR count). The van der Waals surface area contributed by atoms with Gasteiger partial charge in [-0.25, -0.2) is 4.79 Å². The number of rotatable bonds is 5. The van der Waals surface area contributed by atoms with Gasteiger partial charge in [-0.15, -0.1) is 0 Å². The van der Waals surface area contributed by atoms with Crippen LogP contribution in [0.4, 0.5) is 4.79 Å². The molecule has 0 aliphatic heterocycles. The van der Waals surface area contributed by atoms with Crippen molar-refractivity contribution in [2.75, 3.05) is 0 Å². The van der Waals surface area contributed by atoms with E-state index in [9.17, 15) is 9.59 Å². The zero-order chi connectivity index (χ0) is 13.7. The average Bonchev–Trinajstić information content (AvgIpc) is 2.63. The van der Waals surface area contributed by atoms with Crippen LogP contribution in [0, 0.1) is 11.8 Å². The fourth-order valence-electron chi connectivity index (χ4n) is 2.55. The first kappa shape index (κ1) is 14.8. The highest BCUT2D eigenvalue weighted by Gasteiger charge is 2.30.